The summed E-state index contributed by atoms with van der Waals surface area (Å²) in [6.45, 7) is 8.76. The van der Waals surface area contributed by atoms with Crippen molar-refractivity contribution in [3.63, 3.8) is 0 Å². The number of rotatable bonds is 11. The molecule has 1 fully saturated rings. The Morgan fingerprint density at radius 3 is 2.11 bits per heavy atom. The van der Waals surface area contributed by atoms with E-state index in [0.29, 0.717) is 42.4 Å². The molecule has 4 rings (SSSR count). The Hall–Kier alpha value is -4.65. The normalized spacial score (nSPS) is 14.1. The number of nitrogens with zero attached hydrogens (tertiary/aromatic N) is 3. The molecule has 1 heterocycles. The van der Waals surface area contributed by atoms with Crippen molar-refractivity contribution in [1.82, 2.24) is 9.80 Å². The minimum atomic E-state index is -0.769. The standard InChI is InChI=1S/C35H46N6O6/c1-35(2,3)47-34(45)38-31-9-7-6-8-30(31)37-32(43)26-12-10-25(11-13-26)22-41(24-29(42)23-40-18-20-46-21-19-40)33(44)36-27-14-16-28(17-15-27)39(4)5/h6-17,29,42H,18-24H2,1-5H3,(H,36,44)(H,37,43)(H,38,45). The summed E-state index contributed by atoms with van der Waals surface area (Å²) < 4.78 is 10.8. The Morgan fingerprint density at radius 2 is 1.51 bits per heavy atom. The van der Waals surface area contributed by atoms with E-state index in [1.165, 1.54) is 0 Å². The summed E-state index contributed by atoms with van der Waals surface area (Å²) in [5, 5.41) is 19.4. The quantitative estimate of drug-likeness (QED) is 0.227. The molecule has 12 heteroatoms. The predicted molar refractivity (Wildman–Crippen MR) is 184 cm³/mol. The number of urea groups is 1. The number of hydrogen-bond donors (Lipinski definition) is 4. The van der Waals surface area contributed by atoms with Crippen molar-refractivity contribution in [2.24, 2.45) is 0 Å². The number of anilines is 4. The Kier molecular flexibility index (Phi) is 12.2. The predicted octanol–water partition coefficient (Wildman–Crippen LogP) is 5.08. The van der Waals surface area contributed by atoms with Gasteiger partial charge >= 0.3 is 12.1 Å². The summed E-state index contributed by atoms with van der Waals surface area (Å²) in [4.78, 5) is 44.6. The van der Waals surface area contributed by atoms with Crippen molar-refractivity contribution >= 4 is 40.8 Å². The van der Waals surface area contributed by atoms with Gasteiger partial charge in [0.05, 0.1) is 30.7 Å². The molecule has 47 heavy (non-hydrogen) atoms. The fourth-order valence-electron chi connectivity index (χ4n) is 4.95. The lowest BCUT2D eigenvalue weighted by molar-refractivity contribution is 0.00941. The van der Waals surface area contributed by atoms with Gasteiger partial charge in [-0.25, -0.2) is 9.59 Å². The van der Waals surface area contributed by atoms with Gasteiger partial charge in [0.2, 0.25) is 0 Å². The van der Waals surface area contributed by atoms with Crippen LogP contribution in [-0.4, -0.2) is 98.1 Å². The van der Waals surface area contributed by atoms with Gasteiger partial charge in [0, 0.05) is 63.8 Å². The van der Waals surface area contributed by atoms with Crippen LogP contribution in [0.3, 0.4) is 0 Å². The van der Waals surface area contributed by atoms with Crippen LogP contribution in [0.1, 0.15) is 36.7 Å². The molecule has 1 unspecified atom stereocenters. The number of amides is 4. The molecule has 0 bridgehead atoms. The van der Waals surface area contributed by atoms with E-state index in [0.717, 1.165) is 24.3 Å². The molecule has 0 radical (unpaired) electrons. The second-order valence-corrected chi connectivity index (χ2v) is 12.6. The first-order valence-electron chi connectivity index (χ1n) is 15.7. The minimum Gasteiger partial charge on any atom is -0.444 e. The molecule has 4 N–H and O–H groups in total. The number of carbonyl (C=O) groups excluding carboxylic acids is 3. The van der Waals surface area contributed by atoms with Crippen LogP contribution in [-0.2, 0) is 16.0 Å². The molecule has 0 saturated carbocycles. The van der Waals surface area contributed by atoms with Crippen LogP contribution in [0.25, 0.3) is 0 Å². The largest absolute Gasteiger partial charge is 0.444 e. The lowest BCUT2D eigenvalue weighted by Crippen LogP contribution is -2.46. The summed E-state index contributed by atoms with van der Waals surface area (Å²) in [6, 6.07) is 20.9. The second-order valence-electron chi connectivity index (χ2n) is 12.6. The highest BCUT2D eigenvalue weighted by atomic mass is 16.6. The van der Waals surface area contributed by atoms with Crippen LogP contribution in [0, 0.1) is 0 Å². The highest BCUT2D eigenvalue weighted by Gasteiger charge is 2.22. The first-order chi connectivity index (χ1) is 22.4. The Morgan fingerprint density at radius 1 is 0.894 bits per heavy atom. The smallest absolute Gasteiger partial charge is 0.412 e. The van der Waals surface area contributed by atoms with E-state index in [1.54, 1.807) is 74.2 Å². The molecule has 12 nitrogen and oxygen atoms in total. The maximum Gasteiger partial charge on any atom is 0.412 e. The third kappa shape index (κ3) is 11.3. The first kappa shape index (κ1) is 35.2. The lowest BCUT2D eigenvalue weighted by Gasteiger charge is -2.31. The van der Waals surface area contributed by atoms with Crippen molar-refractivity contribution in [3.8, 4) is 0 Å². The van der Waals surface area contributed by atoms with Gasteiger partial charge in [0.25, 0.3) is 5.91 Å². The van der Waals surface area contributed by atoms with E-state index < -0.39 is 17.8 Å². The van der Waals surface area contributed by atoms with Crippen molar-refractivity contribution in [2.45, 2.75) is 39.0 Å². The number of nitrogens with one attached hydrogen (secondary N) is 3. The van der Waals surface area contributed by atoms with Crippen molar-refractivity contribution < 1.29 is 29.0 Å². The monoisotopic (exact) mass is 646 g/mol. The van der Waals surface area contributed by atoms with Crippen molar-refractivity contribution in [3.05, 3.63) is 83.9 Å². The number of aliphatic hydroxyl groups is 1. The van der Waals surface area contributed by atoms with Crippen LogP contribution in [0.5, 0.6) is 0 Å². The molecular formula is C35H46N6O6. The number of ether oxygens (including phenoxy) is 2. The van der Waals surface area contributed by atoms with Crippen LogP contribution in [0.15, 0.2) is 72.8 Å². The van der Waals surface area contributed by atoms with Gasteiger partial charge in [-0.2, -0.15) is 0 Å². The van der Waals surface area contributed by atoms with Crippen LogP contribution < -0.4 is 20.9 Å². The fourth-order valence-corrected chi connectivity index (χ4v) is 4.95. The number of morpholine rings is 1. The molecule has 1 saturated heterocycles. The zero-order valence-electron chi connectivity index (χ0n) is 27.8. The summed E-state index contributed by atoms with van der Waals surface area (Å²) in [5.74, 6) is -0.369. The van der Waals surface area contributed by atoms with Crippen LogP contribution in [0.2, 0.25) is 0 Å². The minimum absolute atomic E-state index is 0.114. The third-order valence-corrected chi connectivity index (χ3v) is 7.33. The number of carbonyl (C=O) groups is 3. The molecule has 0 aromatic heterocycles. The van der Waals surface area contributed by atoms with E-state index in [-0.39, 0.29) is 25.0 Å². The number of aliphatic hydroxyl groups excluding tert-OH is 1. The second kappa shape index (κ2) is 16.3. The summed E-state index contributed by atoms with van der Waals surface area (Å²) >= 11 is 0. The van der Waals surface area contributed by atoms with Gasteiger partial charge in [-0.1, -0.05) is 24.3 Å². The maximum absolute atomic E-state index is 13.5. The molecule has 0 spiro atoms. The van der Waals surface area contributed by atoms with Crippen LogP contribution in [0.4, 0.5) is 32.3 Å². The summed E-state index contributed by atoms with van der Waals surface area (Å²) in [5.41, 5.74) is 2.98. The number of para-hydroxylation sites is 2. The molecule has 3 aromatic carbocycles. The maximum atomic E-state index is 13.5. The third-order valence-electron chi connectivity index (χ3n) is 7.33. The molecule has 252 valence electrons. The Bertz CT molecular complexity index is 1480. The van der Waals surface area contributed by atoms with Gasteiger partial charge in [0.1, 0.15) is 5.60 Å². The summed E-state index contributed by atoms with van der Waals surface area (Å²) in [6.07, 6.45) is -1.40. The average Bonchev–Trinajstić information content (AvgIpc) is 3.02. The molecule has 1 aliphatic heterocycles. The lowest BCUT2D eigenvalue weighted by atomic mass is 10.1. The molecule has 1 aliphatic rings. The molecule has 4 amide bonds. The van der Waals surface area contributed by atoms with E-state index in [4.69, 9.17) is 9.47 Å². The molecule has 1 atom stereocenters. The highest BCUT2D eigenvalue weighted by molar-refractivity contribution is 6.06. The Balaban J connectivity index is 1.43. The van der Waals surface area contributed by atoms with Gasteiger partial charge in [-0.05, 0) is 74.9 Å². The topological polar surface area (TPSA) is 136 Å². The van der Waals surface area contributed by atoms with Gasteiger partial charge in [-0.3, -0.25) is 15.0 Å². The van der Waals surface area contributed by atoms with Gasteiger partial charge in [0.15, 0.2) is 0 Å². The van der Waals surface area contributed by atoms with Crippen molar-refractivity contribution in [1.29, 1.82) is 0 Å². The average molecular weight is 647 g/mol. The van der Waals surface area contributed by atoms with E-state index in [9.17, 15) is 19.5 Å². The SMILES string of the molecule is CN(C)c1ccc(NC(=O)N(Cc2ccc(C(=O)Nc3ccccc3NC(=O)OC(C)(C)C)cc2)CC(O)CN2CCOCC2)cc1. The zero-order valence-corrected chi connectivity index (χ0v) is 27.8. The van der Waals surface area contributed by atoms with Crippen molar-refractivity contribution in [2.75, 3.05) is 74.3 Å². The number of benzene rings is 3. The molecule has 0 aliphatic carbocycles. The zero-order chi connectivity index (χ0) is 34.0. The molecule has 3 aromatic rings. The van der Waals surface area contributed by atoms with Gasteiger partial charge in [-0.15, -0.1) is 0 Å². The number of hydrogen-bond acceptors (Lipinski definition) is 8. The molecular weight excluding hydrogens is 600 g/mol. The van der Waals surface area contributed by atoms with E-state index in [1.807, 2.05) is 43.3 Å². The Labute approximate surface area is 276 Å². The fraction of sp³-hybridized carbons (Fsp3) is 0.400. The van der Waals surface area contributed by atoms with Gasteiger partial charge < -0.3 is 35.0 Å². The number of β-amino-alcohol motifs (C(OH)–C–C–N with tert-alkyl or cyclic N) is 1. The summed E-state index contributed by atoms with van der Waals surface area (Å²) in [7, 11) is 3.89. The van der Waals surface area contributed by atoms with E-state index in [2.05, 4.69) is 20.9 Å². The highest BCUT2D eigenvalue weighted by Crippen LogP contribution is 2.23. The van der Waals surface area contributed by atoms with E-state index >= 15 is 0 Å². The first-order valence-corrected chi connectivity index (χ1v) is 15.7. The van der Waals surface area contributed by atoms with Crippen LogP contribution >= 0.6 is 0 Å².